The van der Waals surface area contributed by atoms with Gasteiger partial charge in [-0.3, -0.25) is 4.79 Å². The van der Waals surface area contributed by atoms with Crippen LogP contribution in [0.1, 0.15) is 19.4 Å². The largest absolute Gasteiger partial charge is 0.333 e. The Bertz CT molecular complexity index is 447. The molecule has 3 rings (SSSR count). The van der Waals surface area contributed by atoms with Crippen molar-refractivity contribution in [1.29, 1.82) is 0 Å². The highest BCUT2D eigenvalue weighted by molar-refractivity contribution is 6.04. The summed E-state index contributed by atoms with van der Waals surface area (Å²) in [6.07, 6.45) is -0.172. The van der Waals surface area contributed by atoms with Gasteiger partial charge in [-0.2, -0.15) is 0 Å². The summed E-state index contributed by atoms with van der Waals surface area (Å²) in [6.45, 7) is 3.82. The highest BCUT2D eigenvalue weighted by Gasteiger charge is 2.56. The minimum atomic E-state index is -1.23. The van der Waals surface area contributed by atoms with E-state index in [9.17, 15) is 4.79 Å². The Morgan fingerprint density at radius 3 is 2.50 bits per heavy atom. The average molecular weight is 219 g/mol. The number of anilines is 1. The van der Waals surface area contributed by atoms with Crippen LogP contribution in [0.3, 0.4) is 0 Å². The quantitative estimate of drug-likeness (QED) is 0.721. The molecule has 1 aromatic rings. The molecule has 0 saturated carbocycles. The SMILES string of the molecule is C[C@@H]1OC2(O[C@H]1C)C(=O)Nc1ccccc12. The van der Waals surface area contributed by atoms with Gasteiger partial charge in [0.1, 0.15) is 0 Å². The maximum atomic E-state index is 12.0. The number of hydrogen-bond donors (Lipinski definition) is 1. The summed E-state index contributed by atoms with van der Waals surface area (Å²) in [6, 6.07) is 7.46. The molecule has 1 N–H and O–H groups in total. The van der Waals surface area contributed by atoms with Crippen LogP contribution in [0.2, 0.25) is 0 Å². The predicted molar refractivity (Wildman–Crippen MR) is 57.8 cm³/mol. The highest BCUT2D eigenvalue weighted by Crippen LogP contribution is 2.45. The van der Waals surface area contributed by atoms with Crippen LogP contribution in [-0.4, -0.2) is 18.1 Å². The van der Waals surface area contributed by atoms with Crippen LogP contribution in [0.5, 0.6) is 0 Å². The minimum absolute atomic E-state index is 0.0862. The van der Waals surface area contributed by atoms with Gasteiger partial charge in [-0.05, 0) is 19.9 Å². The first-order valence-electron chi connectivity index (χ1n) is 5.40. The number of rotatable bonds is 0. The number of carbonyl (C=O) groups excluding carboxylic acids is 1. The molecule has 1 saturated heterocycles. The number of benzene rings is 1. The van der Waals surface area contributed by atoms with E-state index in [0.717, 1.165) is 11.3 Å². The molecular formula is C12H13NO3. The van der Waals surface area contributed by atoms with Gasteiger partial charge in [-0.25, -0.2) is 0 Å². The van der Waals surface area contributed by atoms with Gasteiger partial charge in [0, 0.05) is 5.56 Å². The summed E-state index contributed by atoms with van der Waals surface area (Å²) >= 11 is 0. The van der Waals surface area contributed by atoms with Crippen molar-refractivity contribution in [2.45, 2.75) is 31.8 Å². The molecule has 0 radical (unpaired) electrons. The van der Waals surface area contributed by atoms with Gasteiger partial charge in [0.05, 0.1) is 17.9 Å². The smallest absolute Gasteiger partial charge is 0.289 e. The molecule has 84 valence electrons. The van der Waals surface area contributed by atoms with E-state index in [-0.39, 0.29) is 18.1 Å². The van der Waals surface area contributed by atoms with Crippen LogP contribution in [0.25, 0.3) is 0 Å². The van der Waals surface area contributed by atoms with E-state index in [1.165, 1.54) is 0 Å². The molecule has 16 heavy (non-hydrogen) atoms. The molecule has 2 aliphatic rings. The van der Waals surface area contributed by atoms with Crippen molar-refractivity contribution in [3.63, 3.8) is 0 Å². The minimum Gasteiger partial charge on any atom is -0.333 e. The molecule has 1 fully saturated rings. The van der Waals surface area contributed by atoms with Gasteiger partial charge in [-0.15, -0.1) is 0 Å². The fourth-order valence-electron chi connectivity index (χ4n) is 2.18. The number of carbonyl (C=O) groups is 1. The zero-order valence-electron chi connectivity index (χ0n) is 9.19. The van der Waals surface area contributed by atoms with Crippen molar-refractivity contribution in [3.05, 3.63) is 29.8 Å². The molecule has 2 aliphatic heterocycles. The van der Waals surface area contributed by atoms with Crippen molar-refractivity contribution < 1.29 is 14.3 Å². The van der Waals surface area contributed by atoms with Crippen LogP contribution in [-0.2, 0) is 20.1 Å². The zero-order chi connectivity index (χ0) is 11.3. The number of amides is 1. The third-order valence-corrected chi connectivity index (χ3v) is 3.19. The lowest BCUT2D eigenvalue weighted by Gasteiger charge is -2.20. The van der Waals surface area contributed by atoms with Gasteiger partial charge in [0.15, 0.2) is 0 Å². The number of nitrogens with one attached hydrogen (secondary N) is 1. The molecule has 0 aromatic heterocycles. The molecule has 1 aromatic carbocycles. The number of para-hydroxylation sites is 1. The fraction of sp³-hybridized carbons (Fsp3) is 0.417. The molecule has 0 unspecified atom stereocenters. The Labute approximate surface area is 93.5 Å². The Morgan fingerprint density at radius 2 is 1.81 bits per heavy atom. The molecule has 1 spiro atoms. The Hall–Kier alpha value is -1.39. The van der Waals surface area contributed by atoms with E-state index < -0.39 is 5.79 Å². The van der Waals surface area contributed by atoms with Crippen molar-refractivity contribution >= 4 is 11.6 Å². The van der Waals surface area contributed by atoms with Crippen molar-refractivity contribution in [2.75, 3.05) is 5.32 Å². The first-order chi connectivity index (χ1) is 7.63. The Kier molecular flexibility index (Phi) is 1.87. The van der Waals surface area contributed by atoms with Crippen LogP contribution < -0.4 is 5.32 Å². The third-order valence-electron chi connectivity index (χ3n) is 3.19. The molecule has 2 atom stereocenters. The average Bonchev–Trinajstić information content (AvgIpc) is 2.69. The second-order valence-corrected chi connectivity index (χ2v) is 4.26. The molecule has 0 bridgehead atoms. The molecule has 4 nitrogen and oxygen atoms in total. The van der Waals surface area contributed by atoms with E-state index in [2.05, 4.69) is 5.32 Å². The second kappa shape index (κ2) is 3.06. The highest BCUT2D eigenvalue weighted by atomic mass is 16.8. The van der Waals surface area contributed by atoms with Crippen molar-refractivity contribution in [1.82, 2.24) is 0 Å². The normalized spacial score (nSPS) is 30.5. The van der Waals surface area contributed by atoms with E-state index in [0.29, 0.717) is 0 Å². The van der Waals surface area contributed by atoms with E-state index in [1.807, 2.05) is 38.1 Å². The van der Waals surface area contributed by atoms with Gasteiger partial charge in [0.2, 0.25) is 0 Å². The maximum absolute atomic E-state index is 12.0. The predicted octanol–water partition coefficient (Wildman–Crippen LogP) is 1.62. The summed E-state index contributed by atoms with van der Waals surface area (Å²) < 4.78 is 11.5. The van der Waals surface area contributed by atoms with E-state index >= 15 is 0 Å². The molecule has 2 heterocycles. The van der Waals surface area contributed by atoms with Crippen LogP contribution in [0.15, 0.2) is 24.3 Å². The zero-order valence-corrected chi connectivity index (χ0v) is 9.19. The van der Waals surface area contributed by atoms with Crippen LogP contribution in [0, 0.1) is 0 Å². The number of fused-ring (bicyclic) bond motifs is 2. The number of hydrogen-bond acceptors (Lipinski definition) is 3. The summed E-state index contributed by atoms with van der Waals surface area (Å²) in [5.74, 6) is -1.46. The van der Waals surface area contributed by atoms with E-state index in [4.69, 9.17) is 9.47 Å². The Morgan fingerprint density at radius 1 is 1.19 bits per heavy atom. The lowest BCUT2D eigenvalue weighted by molar-refractivity contribution is -0.186. The first kappa shape index (κ1) is 9.81. The summed E-state index contributed by atoms with van der Waals surface area (Å²) in [5, 5.41) is 2.78. The summed E-state index contributed by atoms with van der Waals surface area (Å²) in [5.41, 5.74) is 1.55. The molecule has 1 amide bonds. The lowest BCUT2D eigenvalue weighted by atomic mass is 10.1. The summed E-state index contributed by atoms with van der Waals surface area (Å²) in [7, 11) is 0. The third kappa shape index (κ3) is 1.08. The topological polar surface area (TPSA) is 47.6 Å². The monoisotopic (exact) mass is 219 g/mol. The van der Waals surface area contributed by atoms with Gasteiger partial charge < -0.3 is 14.8 Å². The van der Waals surface area contributed by atoms with Crippen molar-refractivity contribution in [3.8, 4) is 0 Å². The lowest BCUT2D eigenvalue weighted by Crippen LogP contribution is -2.36. The Balaban J connectivity index is 2.12. The summed E-state index contributed by atoms with van der Waals surface area (Å²) in [4.78, 5) is 12.0. The molecular weight excluding hydrogens is 206 g/mol. The van der Waals surface area contributed by atoms with Crippen molar-refractivity contribution in [2.24, 2.45) is 0 Å². The van der Waals surface area contributed by atoms with Gasteiger partial charge >= 0.3 is 0 Å². The second-order valence-electron chi connectivity index (χ2n) is 4.26. The van der Waals surface area contributed by atoms with Gasteiger partial charge in [0.25, 0.3) is 11.7 Å². The molecule has 4 heteroatoms. The molecule has 0 aliphatic carbocycles. The van der Waals surface area contributed by atoms with Gasteiger partial charge in [-0.1, -0.05) is 18.2 Å². The first-order valence-corrected chi connectivity index (χ1v) is 5.40. The number of ether oxygens (including phenoxy) is 2. The van der Waals surface area contributed by atoms with Crippen LogP contribution in [0.4, 0.5) is 5.69 Å². The van der Waals surface area contributed by atoms with Crippen LogP contribution >= 0.6 is 0 Å². The fourth-order valence-corrected chi connectivity index (χ4v) is 2.18. The standard InChI is InChI=1S/C12H13NO3/c1-7-8(2)16-12(15-7)9-5-3-4-6-10(9)13-11(12)14/h3-8H,1-2H3,(H,13,14)/t7-,8-/m0/s1. The van der Waals surface area contributed by atoms with E-state index in [1.54, 1.807) is 0 Å². The maximum Gasteiger partial charge on any atom is 0.289 e.